The topological polar surface area (TPSA) is 20.2 Å². The molecule has 2 aromatic rings. The van der Waals surface area contributed by atoms with E-state index in [0.29, 0.717) is 10.5 Å². The number of hydrogen-bond acceptors (Lipinski definition) is 2. The van der Waals surface area contributed by atoms with Gasteiger partial charge >= 0.3 is 0 Å². The maximum absolute atomic E-state index is 13.8. The highest BCUT2D eigenvalue weighted by atomic mass is 32.2. The van der Waals surface area contributed by atoms with Gasteiger partial charge in [-0.15, -0.1) is 0 Å². The molecule has 0 amide bonds. The summed E-state index contributed by atoms with van der Waals surface area (Å²) in [6.07, 6.45) is -0.670. The van der Waals surface area contributed by atoms with Crippen molar-refractivity contribution < 1.29 is 9.50 Å². The highest BCUT2D eigenvalue weighted by molar-refractivity contribution is 7.99. The zero-order valence-electron chi connectivity index (χ0n) is 9.43. The smallest absolute Gasteiger partial charge is 0.137 e. The summed E-state index contributed by atoms with van der Waals surface area (Å²) in [5, 5.41) is 9.63. The summed E-state index contributed by atoms with van der Waals surface area (Å²) >= 11 is 1.33. The molecule has 1 N–H and O–H groups in total. The van der Waals surface area contributed by atoms with Crippen LogP contribution in [0, 0.1) is 5.82 Å². The SMILES string of the molecule is CC(O)c1cccc(F)c1Sc1ccccc1. The van der Waals surface area contributed by atoms with E-state index in [1.54, 1.807) is 19.1 Å². The predicted octanol–water partition coefficient (Wildman–Crippen LogP) is 4.03. The van der Waals surface area contributed by atoms with Crippen molar-refractivity contribution in [2.45, 2.75) is 22.8 Å². The fourth-order valence-corrected chi connectivity index (χ4v) is 2.62. The minimum absolute atomic E-state index is 0.294. The highest BCUT2D eigenvalue weighted by Crippen LogP contribution is 2.35. The van der Waals surface area contributed by atoms with Crippen LogP contribution in [0.5, 0.6) is 0 Å². The van der Waals surface area contributed by atoms with Crippen LogP contribution < -0.4 is 0 Å². The zero-order chi connectivity index (χ0) is 12.3. The van der Waals surface area contributed by atoms with Gasteiger partial charge in [0.25, 0.3) is 0 Å². The Morgan fingerprint density at radius 3 is 2.41 bits per heavy atom. The van der Waals surface area contributed by atoms with E-state index in [0.717, 1.165) is 4.90 Å². The molecule has 0 aromatic heterocycles. The van der Waals surface area contributed by atoms with E-state index in [9.17, 15) is 9.50 Å². The molecular weight excluding hydrogens is 235 g/mol. The molecule has 2 aromatic carbocycles. The second-order valence-corrected chi connectivity index (χ2v) is 4.83. The van der Waals surface area contributed by atoms with Crippen molar-refractivity contribution in [3.05, 3.63) is 59.9 Å². The van der Waals surface area contributed by atoms with Gasteiger partial charge in [-0.25, -0.2) is 4.39 Å². The van der Waals surface area contributed by atoms with Crippen LogP contribution in [0.2, 0.25) is 0 Å². The van der Waals surface area contributed by atoms with E-state index >= 15 is 0 Å². The molecular formula is C14H13FOS. The van der Waals surface area contributed by atoms with E-state index in [2.05, 4.69) is 0 Å². The van der Waals surface area contributed by atoms with Crippen LogP contribution in [0.4, 0.5) is 4.39 Å². The van der Waals surface area contributed by atoms with Crippen molar-refractivity contribution in [1.82, 2.24) is 0 Å². The second-order valence-electron chi connectivity index (χ2n) is 3.75. The van der Waals surface area contributed by atoms with Gasteiger partial charge in [0, 0.05) is 4.90 Å². The van der Waals surface area contributed by atoms with Crippen molar-refractivity contribution in [3.8, 4) is 0 Å². The van der Waals surface area contributed by atoms with E-state index in [1.165, 1.54) is 17.8 Å². The van der Waals surface area contributed by atoms with Crippen LogP contribution in [0.3, 0.4) is 0 Å². The van der Waals surface area contributed by atoms with Gasteiger partial charge in [0.1, 0.15) is 5.82 Å². The average molecular weight is 248 g/mol. The molecule has 0 saturated heterocycles. The van der Waals surface area contributed by atoms with Crippen molar-refractivity contribution in [2.24, 2.45) is 0 Å². The molecule has 0 aliphatic heterocycles. The lowest BCUT2D eigenvalue weighted by Gasteiger charge is -2.12. The third-order valence-corrected chi connectivity index (χ3v) is 3.55. The first kappa shape index (κ1) is 12.1. The lowest BCUT2D eigenvalue weighted by Crippen LogP contribution is -1.96. The lowest BCUT2D eigenvalue weighted by atomic mass is 10.1. The lowest BCUT2D eigenvalue weighted by molar-refractivity contribution is 0.195. The summed E-state index contributed by atoms with van der Waals surface area (Å²) < 4.78 is 13.8. The molecule has 0 spiro atoms. The first-order chi connectivity index (χ1) is 8.18. The predicted molar refractivity (Wildman–Crippen MR) is 67.6 cm³/mol. The molecule has 17 heavy (non-hydrogen) atoms. The van der Waals surface area contributed by atoms with Gasteiger partial charge < -0.3 is 5.11 Å². The molecule has 88 valence electrons. The molecule has 2 rings (SSSR count). The maximum Gasteiger partial charge on any atom is 0.137 e. The first-order valence-electron chi connectivity index (χ1n) is 5.38. The highest BCUT2D eigenvalue weighted by Gasteiger charge is 2.13. The van der Waals surface area contributed by atoms with Crippen LogP contribution in [-0.4, -0.2) is 5.11 Å². The van der Waals surface area contributed by atoms with Gasteiger partial charge in [-0.2, -0.15) is 0 Å². The number of halogens is 1. The monoisotopic (exact) mass is 248 g/mol. The molecule has 0 fully saturated rings. The van der Waals surface area contributed by atoms with Crippen LogP contribution in [0.25, 0.3) is 0 Å². The third kappa shape index (κ3) is 2.87. The van der Waals surface area contributed by atoms with Gasteiger partial charge in [0.2, 0.25) is 0 Å². The van der Waals surface area contributed by atoms with E-state index in [1.807, 2.05) is 30.3 Å². The van der Waals surface area contributed by atoms with Gasteiger partial charge in [0.05, 0.1) is 11.0 Å². The zero-order valence-corrected chi connectivity index (χ0v) is 10.2. The van der Waals surface area contributed by atoms with Gasteiger partial charge in [-0.1, -0.05) is 42.1 Å². The molecule has 3 heteroatoms. The molecule has 0 heterocycles. The standard InChI is InChI=1S/C14H13FOS/c1-10(16)12-8-5-9-13(15)14(12)17-11-6-3-2-4-7-11/h2-10,16H,1H3. The Morgan fingerprint density at radius 2 is 1.76 bits per heavy atom. The van der Waals surface area contributed by atoms with Gasteiger partial charge in [-0.3, -0.25) is 0 Å². The Bertz CT molecular complexity index is 497. The van der Waals surface area contributed by atoms with E-state index < -0.39 is 6.10 Å². The molecule has 0 bridgehead atoms. The van der Waals surface area contributed by atoms with Crippen molar-refractivity contribution in [3.63, 3.8) is 0 Å². The van der Waals surface area contributed by atoms with Gasteiger partial charge in [-0.05, 0) is 30.7 Å². The average Bonchev–Trinajstić information content (AvgIpc) is 2.33. The van der Waals surface area contributed by atoms with E-state index in [4.69, 9.17) is 0 Å². The molecule has 0 aliphatic rings. The molecule has 0 saturated carbocycles. The van der Waals surface area contributed by atoms with Crippen LogP contribution in [-0.2, 0) is 0 Å². The summed E-state index contributed by atoms with van der Waals surface area (Å²) in [5.74, 6) is -0.294. The number of rotatable bonds is 3. The summed E-state index contributed by atoms with van der Waals surface area (Å²) in [4.78, 5) is 1.45. The minimum atomic E-state index is -0.670. The maximum atomic E-state index is 13.8. The summed E-state index contributed by atoms with van der Waals surface area (Å²) in [6.45, 7) is 1.64. The van der Waals surface area contributed by atoms with Crippen molar-refractivity contribution >= 4 is 11.8 Å². The summed E-state index contributed by atoms with van der Waals surface area (Å²) in [5.41, 5.74) is 0.624. The van der Waals surface area contributed by atoms with Crippen molar-refractivity contribution in [1.29, 1.82) is 0 Å². The van der Waals surface area contributed by atoms with Crippen LogP contribution >= 0.6 is 11.8 Å². The summed E-state index contributed by atoms with van der Waals surface area (Å²) in [7, 11) is 0. The largest absolute Gasteiger partial charge is 0.389 e. The molecule has 0 aliphatic carbocycles. The number of benzene rings is 2. The Morgan fingerprint density at radius 1 is 1.06 bits per heavy atom. The third-order valence-electron chi connectivity index (χ3n) is 2.41. The Kier molecular flexibility index (Phi) is 3.82. The number of aliphatic hydroxyl groups excluding tert-OH is 1. The quantitative estimate of drug-likeness (QED) is 0.885. The molecule has 1 atom stereocenters. The Balaban J connectivity index is 2.38. The molecule has 1 unspecified atom stereocenters. The van der Waals surface area contributed by atoms with E-state index in [-0.39, 0.29) is 5.82 Å². The normalized spacial score (nSPS) is 12.4. The van der Waals surface area contributed by atoms with Gasteiger partial charge in [0.15, 0.2) is 0 Å². The Labute approximate surface area is 104 Å². The second kappa shape index (κ2) is 5.34. The van der Waals surface area contributed by atoms with Crippen LogP contribution in [0.15, 0.2) is 58.3 Å². The number of aliphatic hydroxyl groups is 1. The van der Waals surface area contributed by atoms with Crippen molar-refractivity contribution in [2.75, 3.05) is 0 Å². The molecule has 1 nitrogen and oxygen atoms in total. The Hall–Kier alpha value is -1.32. The first-order valence-corrected chi connectivity index (χ1v) is 6.19. The number of hydrogen-bond donors (Lipinski definition) is 1. The molecule has 0 radical (unpaired) electrons. The summed E-state index contributed by atoms with van der Waals surface area (Å²) in [6, 6.07) is 14.4. The van der Waals surface area contributed by atoms with Crippen LogP contribution in [0.1, 0.15) is 18.6 Å². The fraction of sp³-hybridized carbons (Fsp3) is 0.143. The fourth-order valence-electron chi connectivity index (χ4n) is 1.57. The minimum Gasteiger partial charge on any atom is -0.389 e.